The van der Waals surface area contributed by atoms with E-state index in [1.165, 1.54) is 0 Å². The van der Waals surface area contributed by atoms with Crippen molar-refractivity contribution in [2.45, 2.75) is 18.9 Å². The molecule has 2 unspecified atom stereocenters. The number of carbonyl (C=O) groups is 1. The second-order valence-electron chi connectivity index (χ2n) is 9.64. The summed E-state index contributed by atoms with van der Waals surface area (Å²) in [6.07, 6.45) is 1.35. The van der Waals surface area contributed by atoms with Gasteiger partial charge in [0.2, 0.25) is 5.91 Å². The number of fused-ring (bicyclic) bond motifs is 3. The Balaban J connectivity index is 1.33. The van der Waals surface area contributed by atoms with Crippen molar-refractivity contribution >= 4 is 34.6 Å². The molecular weight excluding hydrogens is 482 g/mol. The fourth-order valence-corrected chi connectivity index (χ4v) is 5.88. The van der Waals surface area contributed by atoms with Gasteiger partial charge in [0.15, 0.2) is 0 Å². The smallest absolute Gasteiger partial charge is 0.269 e. The van der Waals surface area contributed by atoms with Crippen molar-refractivity contribution in [3.05, 3.63) is 63.2 Å². The number of anilines is 2. The van der Waals surface area contributed by atoms with Crippen LogP contribution in [-0.4, -0.2) is 80.8 Å². The highest BCUT2D eigenvalue weighted by atomic mass is 35.5. The molecule has 1 N–H and O–H groups in total. The summed E-state index contributed by atoms with van der Waals surface area (Å²) in [5.41, 5.74) is 2.88. The van der Waals surface area contributed by atoms with Gasteiger partial charge in [-0.15, -0.1) is 0 Å². The number of nitro groups is 1. The van der Waals surface area contributed by atoms with E-state index in [2.05, 4.69) is 20.0 Å². The number of rotatable bonds is 7. The van der Waals surface area contributed by atoms with Crippen LogP contribution in [0.3, 0.4) is 0 Å². The molecule has 3 aliphatic heterocycles. The van der Waals surface area contributed by atoms with E-state index in [9.17, 15) is 14.9 Å². The molecule has 0 aliphatic carbocycles. The van der Waals surface area contributed by atoms with Gasteiger partial charge in [-0.25, -0.2) is 0 Å². The molecule has 9 nitrogen and oxygen atoms in total. The lowest BCUT2D eigenvalue weighted by atomic mass is 9.83. The highest BCUT2D eigenvalue weighted by molar-refractivity contribution is 6.33. The van der Waals surface area contributed by atoms with Crippen LogP contribution in [0.5, 0.6) is 0 Å². The largest absolute Gasteiger partial charge is 0.379 e. The van der Waals surface area contributed by atoms with Crippen molar-refractivity contribution in [3.63, 3.8) is 0 Å². The zero-order valence-corrected chi connectivity index (χ0v) is 21.0. The Morgan fingerprint density at radius 2 is 1.92 bits per heavy atom. The second kappa shape index (κ2) is 11.0. The Kier molecular flexibility index (Phi) is 7.59. The third kappa shape index (κ3) is 5.28. The fraction of sp³-hybridized carbons (Fsp3) is 0.500. The molecular formula is C26H32ClN5O4. The van der Waals surface area contributed by atoms with Gasteiger partial charge in [-0.2, -0.15) is 0 Å². The van der Waals surface area contributed by atoms with Crippen molar-refractivity contribution in [1.29, 1.82) is 0 Å². The summed E-state index contributed by atoms with van der Waals surface area (Å²) in [6, 6.07) is 12.8. The van der Waals surface area contributed by atoms with Gasteiger partial charge < -0.3 is 19.9 Å². The van der Waals surface area contributed by atoms with Crippen LogP contribution in [0.2, 0.25) is 5.02 Å². The number of nitrogens with one attached hydrogen (secondary N) is 1. The Morgan fingerprint density at radius 3 is 2.69 bits per heavy atom. The lowest BCUT2D eigenvalue weighted by molar-refractivity contribution is -0.384. The molecule has 2 aromatic carbocycles. The number of non-ortho nitro benzene ring substituents is 1. The van der Waals surface area contributed by atoms with E-state index in [1.807, 2.05) is 30.3 Å². The number of hydrogen-bond donors (Lipinski definition) is 1. The van der Waals surface area contributed by atoms with Crippen LogP contribution in [0.15, 0.2) is 42.5 Å². The van der Waals surface area contributed by atoms with Gasteiger partial charge in [0.05, 0.1) is 40.8 Å². The number of ether oxygens (including phenoxy) is 1. The second-order valence-corrected chi connectivity index (χ2v) is 10.0. The first-order valence-electron chi connectivity index (χ1n) is 12.6. The maximum absolute atomic E-state index is 13.5. The molecule has 0 radical (unpaired) electrons. The lowest BCUT2D eigenvalue weighted by Crippen LogP contribution is -2.61. The molecule has 2 fully saturated rings. The number of carbonyl (C=O) groups excluding carboxylic acids is 1. The van der Waals surface area contributed by atoms with E-state index in [4.69, 9.17) is 16.3 Å². The number of hydrogen-bond acceptors (Lipinski definition) is 7. The number of piperazine rings is 1. The van der Waals surface area contributed by atoms with Crippen LogP contribution in [0.1, 0.15) is 12.0 Å². The molecule has 1 amide bonds. The maximum atomic E-state index is 13.5. The highest BCUT2D eigenvalue weighted by Gasteiger charge is 2.42. The van der Waals surface area contributed by atoms with Crippen LogP contribution in [0, 0.1) is 16.0 Å². The Bertz CT molecular complexity index is 1110. The predicted molar refractivity (Wildman–Crippen MR) is 140 cm³/mol. The quantitative estimate of drug-likeness (QED) is 0.346. The Morgan fingerprint density at radius 1 is 1.11 bits per heavy atom. The average molecular weight is 514 g/mol. The van der Waals surface area contributed by atoms with Gasteiger partial charge in [0, 0.05) is 57.1 Å². The van der Waals surface area contributed by atoms with E-state index in [0.29, 0.717) is 31.1 Å². The molecule has 2 saturated heterocycles. The standard InChI is InChI=1S/C26H32ClN5O4/c27-22-4-1-2-5-24(22)30-10-11-31-23-7-6-20(32(34)35)16-19(23)17-21(25(31)18-30)26(33)28-8-3-9-29-12-14-36-15-13-29/h1-2,4-7,16,21,25H,3,8-15,17-18H2,(H,28,33). The molecule has 0 bridgehead atoms. The summed E-state index contributed by atoms with van der Waals surface area (Å²) in [4.78, 5) is 31.4. The van der Waals surface area contributed by atoms with Gasteiger partial charge in [0.25, 0.3) is 5.69 Å². The van der Waals surface area contributed by atoms with Crippen LogP contribution in [0.25, 0.3) is 0 Å². The summed E-state index contributed by atoms with van der Waals surface area (Å²) in [7, 11) is 0. The summed E-state index contributed by atoms with van der Waals surface area (Å²) in [5, 5.41) is 15.3. The van der Waals surface area contributed by atoms with Crippen LogP contribution in [-0.2, 0) is 16.0 Å². The van der Waals surface area contributed by atoms with E-state index in [1.54, 1.807) is 12.1 Å². The Labute approximate surface area is 216 Å². The number of para-hydroxylation sites is 1. The van der Waals surface area contributed by atoms with Crippen molar-refractivity contribution in [1.82, 2.24) is 10.2 Å². The van der Waals surface area contributed by atoms with E-state index < -0.39 is 0 Å². The number of benzene rings is 2. The first kappa shape index (κ1) is 24.8. The van der Waals surface area contributed by atoms with Gasteiger partial charge in [-0.05, 0) is 43.1 Å². The summed E-state index contributed by atoms with van der Waals surface area (Å²) >= 11 is 6.50. The molecule has 2 atom stereocenters. The molecule has 36 heavy (non-hydrogen) atoms. The predicted octanol–water partition coefficient (Wildman–Crippen LogP) is 2.95. The van der Waals surface area contributed by atoms with Crippen LogP contribution < -0.4 is 15.1 Å². The first-order chi connectivity index (χ1) is 17.5. The van der Waals surface area contributed by atoms with E-state index in [-0.39, 0.29) is 28.5 Å². The molecule has 10 heteroatoms. The van der Waals surface area contributed by atoms with Crippen molar-refractivity contribution < 1.29 is 14.5 Å². The Hall–Kier alpha value is -2.88. The minimum atomic E-state index is -0.373. The fourth-order valence-electron chi connectivity index (χ4n) is 5.62. The monoisotopic (exact) mass is 513 g/mol. The zero-order valence-electron chi connectivity index (χ0n) is 20.3. The van der Waals surface area contributed by atoms with Gasteiger partial charge in [0.1, 0.15) is 0 Å². The molecule has 0 aromatic heterocycles. The molecule has 2 aromatic rings. The molecule has 3 aliphatic rings. The van der Waals surface area contributed by atoms with Crippen molar-refractivity contribution in [2.75, 3.05) is 68.8 Å². The van der Waals surface area contributed by atoms with Gasteiger partial charge >= 0.3 is 0 Å². The van der Waals surface area contributed by atoms with Gasteiger partial charge in [-0.3, -0.25) is 19.8 Å². The third-order valence-electron chi connectivity index (χ3n) is 7.49. The molecule has 5 rings (SSSR count). The van der Waals surface area contributed by atoms with E-state index in [0.717, 1.165) is 62.8 Å². The van der Waals surface area contributed by atoms with Crippen LogP contribution >= 0.6 is 11.6 Å². The normalized spacial score (nSPS) is 22.0. The minimum Gasteiger partial charge on any atom is -0.379 e. The summed E-state index contributed by atoms with van der Waals surface area (Å²) < 4.78 is 5.40. The number of morpholine rings is 1. The third-order valence-corrected chi connectivity index (χ3v) is 7.81. The number of nitrogens with zero attached hydrogens (tertiary/aromatic N) is 4. The molecule has 192 valence electrons. The SMILES string of the molecule is O=C(NCCCN1CCOCC1)C1Cc2cc([N+](=O)[O-])ccc2N2CCN(c3ccccc3Cl)CC12. The molecule has 0 spiro atoms. The molecule has 0 saturated carbocycles. The summed E-state index contributed by atoms with van der Waals surface area (Å²) in [6.45, 7) is 7.05. The minimum absolute atomic E-state index is 0.00476. The average Bonchev–Trinajstić information content (AvgIpc) is 2.90. The van der Waals surface area contributed by atoms with Crippen molar-refractivity contribution in [3.8, 4) is 0 Å². The number of halogens is 1. The lowest BCUT2D eigenvalue weighted by Gasteiger charge is -2.49. The highest BCUT2D eigenvalue weighted by Crippen LogP contribution is 2.39. The topological polar surface area (TPSA) is 91.2 Å². The summed E-state index contributed by atoms with van der Waals surface area (Å²) in [5.74, 6) is -0.307. The van der Waals surface area contributed by atoms with Crippen LogP contribution in [0.4, 0.5) is 17.1 Å². The zero-order chi connectivity index (χ0) is 25.1. The first-order valence-corrected chi connectivity index (χ1v) is 13.0. The van der Waals surface area contributed by atoms with Gasteiger partial charge in [-0.1, -0.05) is 23.7 Å². The number of nitro benzene ring substituents is 1. The number of amides is 1. The van der Waals surface area contributed by atoms with E-state index >= 15 is 0 Å². The van der Waals surface area contributed by atoms with Crippen molar-refractivity contribution in [2.24, 2.45) is 5.92 Å². The molecule has 3 heterocycles. The maximum Gasteiger partial charge on any atom is 0.269 e.